The number of aromatic nitrogens is 3. The van der Waals surface area contributed by atoms with E-state index in [9.17, 15) is 4.39 Å². The van der Waals surface area contributed by atoms with E-state index in [-0.39, 0.29) is 5.82 Å². The van der Waals surface area contributed by atoms with E-state index in [2.05, 4.69) is 40.3 Å². The summed E-state index contributed by atoms with van der Waals surface area (Å²) in [6.07, 6.45) is 3.53. The number of aromatic amines is 2. The van der Waals surface area contributed by atoms with E-state index in [1.54, 1.807) is 13.0 Å². The van der Waals surface area contributed by atoms with Gasteiger partial charge in [0, 0.05) is 17.1 Å². The maximum atomic E-state index is 13.2. The van der Waals surface area contributed by atoms with Crippen LogP contribution < -0.4 is 0 Å². The van der Waals surface area contributed by atoms with E-state index in [4.69, 9.17) is 0 Å². The Morgan fingerprint density at radius 2 is 1.48 bits per heavy atom. The van der Waals surface area contributed by atoms with Crippen molar-refractivity contribution in [2.75, 3.05) is 0 Å². The van der Waals surface area contributed by atoms with E-state index in [1.165, 1.54) is 22.7 Å². The fourth-order valence-electron chi connectivity index (χ4n) is 2.31. The van der Waals surface area contributed by atoms with Crippen LogP contribution in [0.5, 0.6) is 0 Å². The standard InChI is InChI=1S/C9H9N.C8H7FN2.2C2H6/c1-7-6-10-9-5-3-2-4-8(7)9;1-5-2-3-7-6(8(5)9)4-10-11-7;2*1-2/h2-6,10H,1H3;2-4H,1H3,(H,10,11);2*1-2H3. The lowest BCUT2D eigenvalue weighted by atomic mass is 10.2. The van der Waals surface area contributed by atoms with Crippen molar-refractivity contribution in [2.24, 2.45) is 0 Å². The molecule has 4 rings (SSSR count). The van der Waals surface area contributed by atoms with E-state index in [0.717, 1.165) is 5.52 Å². The summed E-state index contributed by atoms with van der Waals surface area (Å²) in [6, 6.07) is 11.9. The fourth-order valence-corrected chi connectivity index (χ4v) is 2.31. The first-order valence-electron chi connectivity index (χ1n) is 8.77. The van der Waals surface area contributed by atoms with Crippen molar-refractivity contribution in [3.05, 3.63) is 65.7 Å². The number of benzene rings is 2. The Kier molecular flexibility index (Phi) is 8.40. The van der Waals surface area contributed by atoms with Crippen LogP contribution in [0, 0.1) is 19.7 Å². The molecule has 4 aromatic rings. The summed E-state index contributed by atoms with van der Waals surface area (Å²) in [4.78, 5) is 3.19. The molecular formula is C21H28FN3. The number of para-hydroxylation sites is 1. The van der Waals surface area contributed by atoms with Gasteiger partial charge >= 0.3 is 0 Å². The molecule has 0 saturated heterocycles. The van der Waals surface area contributed by atoms with Crippen LogP contribution in [-0.4, -0.2) is 15.2 Å². The molecule has 3 nitrogen and oxygen atoms in total. The van der Waals surface area contributed by atoms with Crippen LogP contribution in [0.1, 0.15) is 38.8 Å². The molecule has 4 heteroatoms. The molecule has 0 unspecified atom stereocenters. The van der Waals surface area contributed by atoms with Crippen molar-refractivity contribution >= 4 is 21.8 Å². The zero-order chi connectivity index (χ0) is 18.8. The largest absolute Gasteiger partial charge is 0.361 e. The second kappa shape index (κ2) is 10.3. The Morgan fingerprint density at radius 3 is 2.16 bits per heavy atom. The maximum Gasteiger partial charge on any atom is 0.137 e. The summed E-state index contributed by atoms with van der Waals surface area (Å²) >= 11 is 0. The average molecular weight is 341 g/mol. The van der Waals surface area contributed by atoms with Gasteiger partial charge in [-0.3, -0.25) is 5.10 Å². The summed E-state index contributed by atoms with van der Waals surface area (Å²) in [5.74, 6) is -0.184. The number of nitrogens with zero attached hydrogens (tertiary/aromatic N) is 1. The molecule has 0 radical (unpaired) electrons. The Balaban J connectivity index is 0.000000210. The van der Waals surface area contributed by atoms with Crippen molar-refractivity contribution in [3.8, 4) is 0 Å². The highest BCUT2D eigenvalue weighted by atomic mass is 19.1. The number of rotatable bonds is 0. The minimum absolute atomic E-state index is 0.184. The fraction of sp³-hybridized carbons (Fsp3) is 0.286. The molecule has 0 saturated carbocycles. The highest BCUT2D eigenvalue weighted by Gasteiger charge is 2.03. The molecule has 2 aromatic carbocycles. The molecule has 2 N–H and O–H groups in total. The molecule has 0 aliphatic rings. The van der Waals surface area contributed by atoms with Gasteiger partial charge in [0.2, 0.25) is 0 Å². The molecule has 0 atom stereocenters. The van der Waals surface area contributed by atoms with Crippen LogP contribution in [0.3, 0.4) is 0 Å². The summed E-state index contributed by atoms with van der Waals surface area (Å²) in [6.45, 7) is 11.8. The van der Waals surface area contributed by atoms with Gasteiger partial charge in [0.25, 0.3) is 0 Å². The SMILES string of the molecule is CC.CC.Cc1c[nH]c2ccccc12.Cc1ccc2[nH]ncc2c1F. The number of hydrogen-bond acceptors (Lipinski definition) is 1. The van der Waals surface area contributed by atoms with Crippen molar-refractivity contribution in [3.63, 3.8) is 0 Å². The second-order valence-electron chi connectivity index (χ2n) is 5.04. The van der Waals surface area contributed by atoms with Gasteiger partial charge < -0.3 is 4.98 Å². The smallest absolute Gasteiger partial charge is 0.137 e. The first kappa shape index (κ1) is 20.4. The van der Waals surface area contributed by atoms with Crippen LogP contribution in [0.25, 0.3) is 21.8 Å². The molecule has 134 valence electrons. The minimum atomic E-state index is -0.184. The predicted molar refractivity (Wildman–Crippen MR) is 107 cm³/mol. The predicted octanol–water partition coefficient (Wildman–Crippen LogP) is 6.54. The van der Waals surface area contributed by atoms with E-state index in [0.29, 0.717) is 10.9 Å². The lowest BCUT2D eigenvalue weighted by Gasteiger charge is -1.94. The Morgan fingerprint density at radius 1 is 0.800 bits per heavy atom. The maximum absolute atomic E-state index is 13.2. The van der Waals surface area contributed by atoms with Crippen molar-refractivity contribution in [1.82, 2.24) is 15.2 Å². The number of halogens is 1. The van der Waals surface area contributed by atoms with Crippen LogP contribution >= 0.6 is 0 Å². The van der Waals surface area contributed by atoms with Gasteiger partial charge in [0.15, 0.2) is 0 Å². The first-order valence-corrected chi connectivity index (χ1v) is 8.77. The average Bonchev–Trinajstić information content (AvgIpc) is 3.30. The molecule has 0 bridgehead atoms. The van der Waals surface area contributed by atoms with Crippen LogP contribution in [0.2, 0.25) is 0 Å². The molecule has 2 aromatic heterocycles. The van der Waals surface area contributed by atoms with E-state index < -0.39 is 0 Å². The second-order valence-corrected chi connectivity index (χ2v) is 5.04. The van der Waals surface area contributed by atoms with Gasteiger partial charge in [0.1, 0.15) is 5.82 Å². The number of aryl methyl sites for hydroxylation is 2. The molecule has 0 aliphatic carbocycles. The van der Waals surface area contributed by atoms with Gasteiger partial charge in [-0.05, 0) is 37.1 Å². The number of fused-ring (bicyclic) bond motifs is 2. The zero-order valence-corrected chi connectivity index (χ0v) is 15.9. The summed E-state index contributed by atoms with van der Waals surface area (Å²) in [7, 11) is 0. The molecule has 0 amide bonds. The zero-order valence-electron chi connectivity index (χ0n) is 15.9. The minimum Gasteiger partial charge on any atom is -0.361 e. The quantitative estimate of drug-likeness (QED) is 0.375. The molecule has 0 fully saturated rings. The van der Waals surface area contributed by atoms with E-state index >= 15 is 0 Å². The number of H-pyrrole nitrogens is 2. The highest BCUT2D eigenvalue weighted by Crippen LogP contribution is 2.17. The third-order valence-electron chi connectivity index (χ3n) is 3.55. The molecule has 0 spiro atoms. The third-order valence-corrected chi connectivity index (χ3v) is 3.55. The summed E-state index contributed by atoms with van der Waals surface area (Å²) in [5.41, 5.74) is 3.93. The molecule has 25 heavy (non-hydrogen) atoms. The Hall–Kier alpha value is -2.62. The summed E-state index contributed by atoms with van der Waals surface area (Å²) in [5, 5.41) is 8.32. The lowest BCUT2D eigenvalue weighted by molar-refractivity contribution is 0.631. The Labute approximate surface area is 149 Å². The van der Waals surface area contributed by atoms with Gasteiger partial charge in [-0.25, -0.2) is 4.39 Å². The van der Waals surface area contributed by atoms with Crippen LogP contribution in [-0.2, 0) is 0 Å². The number of hydrogen-bond donors (Lipinski definition) is 2. The lowest BCUT2D eigenvalue weighted by Crippen LogP contribution is -1.81. The van der Waals surface area contributed by atoms with Gasteiger partial charge in [-0.2, -0.15) is 5.10 Å². The van der Waals surface area contributed by atoms with Crippen molar-refractivity contribution < 1.29 is 4.39 Å². The van der Waals surface area contributed by atoms with Gasteiger partial charge in [0.05, 0.1) is 17.1 Å². The highest BCUT2D eigenvalue weighted by molar-refractivity contribution is 5.82. The Bertz CT molecular complexity index is 890. The topological polar surface area (TPSA) is 44.5 Å². The molecule has 2 heterocycles. The van der Waals surface area contributed by atoms with Crippen molar-refractivity contribution in [1.29, 1.82) is 0 Å². The third kappa shape index (κ3) is 4.92. The summed E-state index contributed by atoms with van der Waals surface area (Å²) < 4.78 is 13.2. The normalized spacial score (nSPS) is 9.40. The molecule has 0 aliphatic heterocycles. The van der Waals surface area contributed by atoms with Gasteiger partial charge in [-0.1, -0.05) is 52.0 Å². The molecular weight excluding hydrogens is 313 g/mol. The van der Waals surface area contributed by atoms with Gasteiger partial charge in [-0.15, -0.1) is 0 Å². The first-order chi connectivity index (χ1) is 12.2. The van der Waals surface area contributed by atoms with Crippen molar-refractivity contribution in [2.45, 2.75) is 41.5 Å². The van der Waals surface area contributed by atoms with Crippen LogP contribution in [0.15, 0.2) is 48.8 Å². The van der Waals surface area contributed by atoms with E-state index in [1.807, 2.05) is 46.0 Å². The monoisotopic (exact) mass is 341 g/mol. The number of nitrogens with one attached hydrogen (secondary N) is 2. The van der Waals surface area contributed by atoms with Crippen LogP contribution in [0.4, 0.5) is 4.39 Å².